The topological polar surface area (TPSA) is 72.3 Å². The van der Waals surface area contributed by atoms with E-state index in [0.717, 1.165) is 6.54 Å². The van der Waals surface area contributed by atoms with Crippen molar-refractivity contribution in [3.05, 3.63) is 0 Å². The summed E-state index contributed by atoms with van der Waals surface area (Å²) in [5.41, 5.74) is 11.3. The van der Waals surface area contributed by atoms with Gasteiger partial charge in [-0.25, -0.2) is 0 Å². The SMILES string of the molecule is NCC1CCCC1N(CC(N)=O)C1CCCC1. The van der Waals surface area contributed by atoms with Gasteiger partial charge in [-0.2, -0.15) is 0 Å². The first kappa shape index (κ1) is 12.8. The quantitative estimate of drug-likeness (QED) is 0.747. The molecule has 2 rings (SSSR count). The summed E-state index contributed by atoms with van der Waals surface area (Å²) in [5.74, 6) is 0.370. The lowest BCUT2D eigenvalue weighted by atomic mass is 9.99. The van der Waals surface area contributed by atoms with E-state index in [0.29, 0.717) is 24.5 Å². The summed E-state index contributed by atoms with van der Waals surface area (Å²) in [6, 6.07) is 1.07. The van der Waals surface area contributed by atoms with E-state index >= 15 is 0 Å². The molecule has 0 aromatic heterocycles. The minimum absolute atomic E-state index is 0.195. The Morgan fingerprint density at radius 1 is 1.12 bits per heavy atom. The van der Waals surface area contributed by atoms with Crippen molar-refractivity contribution in [2.24, 2.45) is 17.4 Å². The molecular formula is C13H25N3O. The van der Waals surface area contributed by atoms with E-state index in [2.05, 4.69) is 4.90 Å². The molecule has 17 heavy (non-hydrogen) atoms. The molecule has 0 bridgehead atoms. The third kappa shape index (κ3) is 2.99. The molecule has 0 aromatic carbocycles. The largest absolute Gasteiger partial charge is 0.369 e. The number of hydrogen-bond acceptors (Lipinski definition) is 3. The molecule has 0 aromatic rings. The standard InChI is InChI=1S/C13H25N3O/c14-8-10-4-3-7-12(10)16(9-13(15)17)11-5-1-2-6-11/h10-12H,1-9,14H2,(H2,15,17). The average molecular weight is 239 g/mol. The maximum atomic E-state index is 11.3. The third-order valence-electron chi connectivity index (χ3n) is 4.48. The van der Waals surface area contributed by atoms with Crippen molar-refractivity contribution in [3.8, 4) is 0 Å². The lowest BCUT2D eigenvalue weighted by molar-refractivity contribution is -0.120. The molecule has 2 saturated carbocycles. The zero-order valence-electron chi connectivity index (χ0n) is 10.6. The Balaban J connectivity index is 2.05. The van der Waals surface area contributed by atoms with Gasteiger partial charge in [-0.05, 0) is 38.1 Å². The van der Waals surface area contributed by atoms with Gasteiger partial charge in [0.15, 0.2) is 0 Å². The molecule has 98 valence electrons. The molecule has 0 spiro atoms. The molecule has 4 N–H and O–H groups in total. The molecule has 4 heteroatoms. The maximum absolute atomic E-state index is 11.3. The number of nitrogens with two attached hydrogens (primary N) is 2. The zero-order valence-corrected chi connectivity index (χ0v) is 10.6. The van der Waals surface area contributed by atoms with Crippen molar-refractivity contribution in [3.63, 3.8) is 0 Å². The number of primary amides is 1. The molecular weight excluding hydrogens is 214 g/mol. The van der Waals surface area contributed by atoms with Crippen molar-refractivity contribution in [2.45, 2.75) is 57.0 Å². The van der Waals surface area contributed by atoms with E-state index in [1.54, 1.807) is 0 Å². The van der Waals surface area contributed by atoms with Gasteiger partial charge in [0.2, 0.25) is 5.91 Å². The van der Waals surface area contributed by atoms with Gasteiger partial charge in [-0.3, -0.25) is 9.69 Å². The van der Waals surface area contributed by atoms with Crippen molar-refractivity contribution < 1.29 is 4.79 Å². The van der Waals surface area contributed by atoms with Crippen LogP contribution in [0.2, 0.25) is 0 Å². The van der Waals surface area contributed by atoms with Crippen LogP contribution >= 0.6 is 0 Å². The molecule has 0 saturated heterocycles. The zero-order chi connectivity index (χ0) is 12.3. The predicted molar refractivity (Wildman–Crippen MR) is 68.3 cm³/mol. The normalized spacial score (nSPS) is 30.2. The maximum Gasteiger partial charge on any atom is 0.231 e. The molecule has 0 aliphatic heterocycles. The van der Waals surface area contributed by atoms with Crippen molar-refractivity contribution in [2.75, 3.05) is 13.1 Å². The molecule has 2 atom stereocenters. The van der Waals surface area contributed by atoms with Crippen LogP contribution in [-0.2, 0) is 4.79 Å². The summed E-state index contributed by atoms with van der Waals surface area (Å²) in [6.07, 6.45) is 8.67. The highest BCUT2D eigenvalue weighted by molar-refractivity contribution is 5.76. The molecule has 2 fully saturated rings. The summed E-state index contributed by atoms with van der Waals surface area (Å²) in [4.78, 5) is 13.6. The van der Waals surface area contributed by atoms with E-state index in [1.165, 1.54) is 44.9 Å². The number of hydrogen-bond donors (Lipinski definition) is 2. The van der Waals surface area contributed by atoms with Gasteiger partial charge in [0.05, 0.1) is 6.54 Å². The van der Waals surface area contributed by atoms with Crippen LogP contribution in [0, 0.1) is 5.92 Å². The Kier molecular flexibility index (Phi) is 4.40. The van der Waals surface area contributed by atoms with Crippen LogP contribution < -0.4 is 11.5 Å². The van der Waals surface area contributed by atoms with E-state index in [1.807, 2.05) is 0 Å². The Labute approximate surface area is 104 Å². The van der Waals surface area contributed by atoms with Crippen molar-refractivity contribution in [1.29, 1.82) is 0 Å². The fourth-order valence-electron chi connectivity index (χ4n) is 3.66. The van der Waals surface area contributed by atoms with Crippen LogP contribution in [0.4, 0.5) is 0 Å². The smallest absolute Gasteiger partial charge is 0.231 e. The number of nitrogens with zero attached hydrogens (tertiary/aromatic N) is 1. The van der Waals surface area contributed by atoms with Crippen LogP contribution in [0.1, 0.15) is 44.9 Å². The van der Waals surface area contributed by atoms with Crippen molar-refractivity contribution in [1.82, 2.24) is 4.90 Å². The minimum Gasteiger partial charge on any atom is -0.369 e. The lowest BCUT2D eigenvalue weighted by Crippen LogP contribution is -2.49. The summed E-state index contributed by atoms with van der Waals surface area (Å²) in [6.45, 7) is 1.17. The Morgan fingerprint density at radius 3 is 2.41 bits per heavy atom. The second-order valence-corrected chi connectivity index (χ2v) is 5.57. The molecule has 4 nitrogen and oxygen atoms in total. The monoisotopic (exact) mass is 239 g/mol. The fraction of sp³-hybridized carbons (Fsp3) is 0.923. The van der Waals surface area contributed by atoms with E-state index in [4.69, 9.17) is 11.5 Å². The van der Waals surface area contributed by atoms with Crippen LogP contribution in [-0.4, -0.2) is 36.0 Å². The molecule has 2 unspecified atom stereocenters. The van der Waals surface area contributed by atoms with Crippen molar-refractivity contribution >= 4 is 5.91 Å². The Morgan fingerprint density at radius 2 is 1.82 bits per heavy atom. The Hall–Kier alpha value is -0.610. The highest BCUT2D eigenvalue weighted by Gasteiger charge is 2.36. The van der Waals surface area contributed by atoms with Gasteiger partial charge in [0.25, 0.3) is 0 Å². The summed E-state index contributed by atoms with van der Waals surface area (Å²) < 4.78 is 0. The van der Waals surface area contributed by atoms with E-state index < -0.39 is 0 Å². The van der Waals surface area contributed by atoms with Crippen LogP contribution in [0.15, 0.2) is 0 Å². The molecule has 2 aliphatic carbocycles. The highest BCUT2D eigenvalue weighted by atomic mass is 16.1. The van der Waals surface area contributed by atoms with E-state index in [-0.39, 0.29) is 5.91 Å². The van der Waals surface area contributed by atoms with Gasteiger partial charge in [-0.15, -0.1) is 0 Å². The first-order valence-corrected chi connectivity index (χ1v) is 6.96. The third-order valence-corrected chi connectivity index (χ3v) is 4.48. The van der Waals surface area contributed by atoms with Gasteiger partial charge >= 0.3 is 0 Å². The average Bonchev–Trinajstić information content (AvgIpc) is 2.96. The van der Waals surface area contributed by atoms with Crippen LogP contribution in [0.25, 0.3) is 0 Å². The summed E-state index contributed by atoms with van der Waals surface area (Å²) in [5, 5.41) is 0. The van der Waals surface area contributed by atoms with Gasteiger partial charge in [0.1, 0.15) is 0 Å². The number of amides is 1. The molecule has 0 heterocycles. The van der Waals surface area contributed by atoms with E-state index in [9.17, 15) is 4.79 Å². The Bertz CT molecular complexity index is 263. The fourth-order valence-corrected chi connectivity index (χ4v) is 3.66. The summed E-state index contributed by atoms with van der Waals surface area (Å²) in [7, 11) is 0. The van der Waals surface area contributed by atoms with Gasteiger partial charge in [0, 0.05) is 12.1 Å². The van der Waals surface area contributed by atoms with Gasteiger partial charge < -0.3 is 11.5 Å². The highest BCUT2D eigenvalue weighted by Crippen LogP contribution is 2.34. The second kappa shape index (κ2) is 5.83. The minimum atomic E-state index is -0.195. The van der Waals surface area contributed by atoms with Crippen LogP contribution in [0.5, 0.6) is 0 Å². The van der Waals surface area contributed by atoms with Crippen LogP contribution in [0.3, 0.4) is 0 Å². The number of carbonyl (C=O) groups excluding carboxylic acids is 1. The number of rotatable bonds is 5. The predicted octanol–water partition coefficient (Wildman–Crippen LogP) is 0.844. The first-order chi connectivity index (χ1) is 8.22. The summed E-state index contributed by atoms with van der Waals surface area (Å²) >= 11 is 0. The lowest BCUT2D eigenvalue weighted by Gasteiger charge is -2.36. The first-order valence-electron chi connectivity index (χ1n) is 6.96. The van der Waals surface area contributed by atoms with Gasteiger partial charge in [-0.1, -0.05) is 19.3 Å². The number of carbonyl (C=O) groups is 1. The molecule has 0 radical (unpaired) electrons. The molecule has 2 aliphatic rings. The molecule has 1 amide bonds. The second-order valence-electron chi connectivity index (χ2n) is 5.57.